The zero-order chi connectivity index (χ0) is 85.2. The number of nitrogen functional groups attached to an aromatic ring is 1. The number of rotatable bonds is 14. The molecule has 0 radical (unpaired) electrons. The Morgan fingerprint density at radius 3 is 1.07 bits per heavy atom. The molecule has 23 nitrogen and oxygen atoms in total. The first-order valence-corrected chi connectivity index (χ1v) is 46.5. The smallest absolute Gasteiger partial charge is 0.255 e. The normalized spacial score (nSPS) is 15.7. The molecule has 4 aliphatic rings. The van der Waals surface area contributed by atoms with Crippen LogP contribution in [0.1, 0.15) is 120 Å². The zero-order valence-electron chi connectivity index (χ0n) is 65.8. The Morgan fingerprint density at radius 2 is 0.642 bits per heavy atom. The highest BCUT2D eigenvalue weighted by Gasteiger charge is 2.31. The lowest BCUT2D eigenvalue weighted by Crippen LogP contribution is -2.37. The van der Waals surface area contributed by atoms with Gasteiger partial charge in [0.1, 0.15) is 0 Å². The summed E-state index contributed by atoms with van der Waals surface area (Å²) < 4.78 is 104. The molecule has 4 aliphatic heterocycles. The van der Waals surface area contributed by atoms with Gasteiger partial charge in [0, 0.05) is 125 Å². The van der Waals surface area contributed by atoms with Crippen molar-refractivity contribution in [3.63, 3.8) is 0 Å². The molecule has 7 N–H and O–H groups in total. The van der Waals surface area contributed by atoms with Crippen molar-refractivity contribution >= 4 is 194 Å². The summed E-state index contributed by atoms with van der Waals surface area (Å²) in [5, 5.41) is 21.4. The Kier molecular flexibility index (Phi) is 26.9. The monoisotopic (exact) mass is 1750 g/mol. The number of nitrogens with zero attached hydrogens (tertiary/aromatic N) is 4. The van der Waals surface area contributed by atoms with Crippen molar-refractivity contribution in [3.05, 3.63) is 296 Å². The van der Waals surface area contributed by atoms with Crippen molar-refractivity contribution < 1.29 is 57.6 Å². The van der Waals surface area contributed by atoms with E-state index in [1.54, 1.807) is 176 Å². The third-order valence-electron chi connectivity index (χ3n) is 21.0. The van der Waals surface area contributed by atoms with E-state index < -0.39 is 40.1 Å². The van der Waals surface area contributed by atoms with E-state index in [1.807, 2.05) is 81.4 Å². The number of halogens is 3. The summed E-state index contributed by atoms with van der Waals surface area (Å²) in [6.45, 7) is 7.75. The van der Waals surface area contributed by atoms with E-state index in [0.29, 0.717) is 151 Å². The number of carbonyl (C=O) groups excluding carboxylic acids is 5. The van der Waals surface area contributed by atoms with E-state index in [9.17, 15) is 57.6 Å². The van der Waals surface area contributed by atoms with Gasteiger partial charge >= 0.3 is 0 Å². The van der Waals surface area contributed by atoms with Crippen LogP contribution in [0.2, 0.25) is 15.1 Å². The van der Waals surface area contributed by atoms with Gasteiger partial charge in [-0.3, -0.25) is 41.2 Å². The van der Waals surface area contributed by atoms with Crippen molar-refractivity contribution in [2.45, 2.75) is 72.1 Å². The molecule has 0 bridgehead atoms. The molecule has 620 valence electrons. The summed E-state index contributed by atoms with van der Waals surface area (Å²) in [7, 11) is -13.1. The van der Waals surface area contributed by atoms with Crippen LogP contribution in [-0.4, -0.2) is 112 Å². The topological polar surface area (TPSA) is 321 Å². The van der Waals surface area contributed by atoms with E-state index in [-0.39, 0.29) is 52.5 Å². The number of amides is 5. The van der Waals surface area contributed by atoms with Crippen LogP contribution in [0.15, 0.2) is 237 Å². The predicted molar refractivity (Wildman–Crippen MR) is 485 cm³/mol. The number of carbonyl (C=O) groups is 5. The lowest BCUT2D eigenvalue weighted by Gasteiger charge is -2.28. The summed E-state index contributed by atoms with van der Waals surface area (Å²) in [5.74, 6) is -0.801. The van der Waals surface area contributed by atoms with Gasteiger partial charge in [0.2, 0.25) is 40.1 Å². The van der Waals surface area contributed by atoms with Crippen LogP contribution in [0.4, 0.5) is 56.9 Å². The van der Waals surface area contributed by atoms with E-state index in [1.165, 1.54) is 17.2 Å². The molecule has 0 spiro atoms. The van der Waals surface area contributed by atoms with Crippen molar-refractivity contribution in [3.8, 4) is 0 Å². The largest absolute Gasteiger partial charge is 0.398 e. The van der Waals surface area contributed by atoms with Crippen molar-refractivity contribution in [2.24, 2.45) is 0 Å². The second kappa shape index (κ2) is 37.4. The van der Waals surface area contributed by atoms with Crippen molar-refractivity contribution in [2.75, 3.05) is 98.7 Å². The number of nitrogens with one attached hydrogen (secondary N) is 5. The van der Waals surface area contributed by atoms with Crippen molar-refractivity contribution in [1.82, 2.24) is 0 Å². The fraction of sp³-hybridized carbons (Fsp3) is 0.211. The second-order valence-corrected chi connectivity index (χ2v) is 38.6. The molecule has 12 aromatic carbocycles. The zero-order valence-corrected chi connectivity index (χ0v) is 71.3. The first kappa shape index (κ1) is 86.3. The van der Waals surface area contributed by atoms with Gasteiger partial charge in [-0.05, 0) is 258 Å². The fourth-order valence-corrected chi connectivity index (χ4v) is 21.9. The minimum absolute atomic E-state index is 0.138. The lowest BCUT2D eigenvalue weighted by molar-refractivity contribution is 0.101. The number of fused-ring (bicyclic) bond motifs is 3. The van der Waals surface area contributed by atoms with Crippen LogP contribution in [0.3, 0.4) is 0 Å². The highest BCUT2D eigenvalue weighted by Crippen LogP contribution is 2.38. The van der Waals surface area contributed by atoms with Crippen LogP contribution in [-0.2, 0) is 40.1 Å². The fourth-order valence-electron chi connectivity index (χ4n) is 14.6. The molecule has 0 aromatic heterocycles. The van der Waals surface area contributed by atoms with Crippen molar-refractivity contribution in [1.29, 1.82) is 0 Å². The summed E-state index contributed by atoms with van der Waals surface area (Å²) in [6.07, 6.45) is 6.06. The molecule has 0 saturated carbocycles. The number of nitrogens with two attached hydrogens (primary N) is 1. The maximum atomic E-state index is 12.8. The molecule has 30 heteroatoms. The average molecular weight is 1750 g/mol. The number of sulfonamides is 4. The van der Waals surface area contributed by atoms with Crippen LogP contribution in [0, 0.1) is 20.8 Å². The summed E-state index contributed by atoms with van der Waals surface area (Å²) >= 11 is 18.6. The Bertz CT molecular complexity index is 6210. The molecule has 0 aliphatic carbocycles. The molecule has 0 unspecified atom stereocenters. The molecule has 12 aromatic rings. The lowest BCUT2D eigenvalue weighted by atomic mass is 10.0. The maximum Gasteiger partial charge on any atom is 0.255 e. The highest BCUT2D eigenvalue weighted by molar-refractivity contribution is 7.93. The quantitative estimate of drug-likeness (QED) is 0.0552. The molecular weight excluding hydrogens is 1660 g/mol. The van der Waals surface area contributed by atoms with Gasteiger partial charge in [0.25, 0.3) is 29.5 Å². The molecular formula is C90H87Cl3N10O13S4. The minimum Gasteiger partial charge on any atom is -0.398 e. The summed E-state index contributed by atoms with van der Waals surface area (Å²) in [5.41, 5.74) is 17.2. The standard InChI is InChI=1S/C25H24ClN3O4S.C22H21ClN2O3S.C22H22N2O3S.C21H20ClN3O3S/c1-17-7-10-21(16-23(17)28-25(31)19-5-4-6-20(26)15-19)27-24(30)18-8-11-22(12-9-18)29-13-2-3-14-34(29,32)33;1-15-5-4-6-18-20(12-11-19(23)21(15)18)24-22(26)16-7-9-17(10-8-16)25-13-2-3-14-29(25,27)28;1-16-6-4-8-20-19(16)7-5-9-21(20)23-22(25)17-10-12-18(13-11-17)24-14-2-3-15-28(24,26)27;22-17-10-11-19(16-4-3-5-18(23)20(16)17)24-21(26)14-6-8-15(9-7-14)25-12-1-2-13-29(25,27)28/h4-12,15-16H,2-3,13-14H2,1H3,(H,27,30)(H,28,31);4-12H,2-3,13-14H2,1H3,(H,24,26);4-13H,2-3,14-15H2,1H3,(H,23,25);3-11H,1-2,12-13,23H2,(H,24,26). The highest BCUT2D eigenvalue weighted by atomic mass is 35.5. The number of hydrogen-bond acceptors (Lipinski definition) is 14. The Hall–Kier alpha value is -11.6. The second-order valence-electron chi connectivity index (χ2n) is 29.3. The predicted octanol–water partition coefficient (Wildman–Crippen LogP) is 18.7. The molecule has 4 saturated heterocycles. The molecule has 5 amide bonds. The number of benzene rings is 12. The third kappa shape index (κ3) is 20.3. The van der Waals surface area contributed by atoms with Crippen LogP contribution in [0.5, 0.6) is 0 Å². The number of anilines is 10. The molecule has 0 atom stereocenters. The van der Waals surface area contributed by atoms with E-state index in [0.717, 1.165) is 75.0 Å². The summed E-state index contributed by atoms with van der Waals surface area (Å²) in [4.78, 5) is 63.6. The average Bonchev–Trinajstić information content (AvgIpc) is 0.552. The molecule has 16 rings (SSSR count). The Labute approximate surface area is 713 Å². The van der Waals surface area contributed by atoms with Gasteiger partial charge in [-0.1, -0.05) is 108 Å². The first-order chi connectivity index (χ1) is 57.4. The number of hydrogen-bond donors (Lipinski definition) is 6. The van der Waals surface area contributed by atoms with E-state index in [2.05, 4.69) is 26.6 Å². The summed E-state index contributed by atoms with van der Waals surface area (Å²) in [6, 6.07) is 68.4. The van der Waals surface area contributed by atoms with Gasteiger partial charge in [-0.2, -0.15) is 0 Å². The van der Waals surface area contributed by atoms with Gasteiger partial charge < -0.3 is 32.3 Å². The number of aryl methyl sites for hydroxylation is 3. The van der Waals surface area contributed by atoms with Crippen LogP contribution >= 0.6 is 34.8 Å². The van der Waals surface area contributed by atoms with Gasteiger partial charge in [0.15, 0.2) is 0 Å². The Balaban J connectivity index is 0.000000139. The maximum absolute atomic E-state index is 12.8. The minimum atomic E-state index is -3.31. The Morgan fingerprint density at radius 1 is 0.300 bits per heavy atom. The van der Waals surface area contributed by atoms with Gasteiger partial charge in [-0.15, -0.1) is 0 Å². The van der Waals surface area contributed by atoms with Gasteiger partial charge in [-0.25, -0.2) is 33.7 Å². The van der Waals surface area contributed by atoms with Crippen LogP contribution < -0.4 is 49.5 Å². The molecule has 120 heavy (non-hydrogen) atoms. The van der Waals surface area contributed by atoms with E-state index in [4.69, 9.17) is 40.5 Å². The van der Waals surface area contributed by atoms with E-state index >= 15 is 0 Å². The van der Waals surface area contributed by atoms with Crippen LogP contribution in [0.25, 0.3) is 32.3 Å². The SMILES string of the molecule is Cc1ccc(NC(=O)c2ccc(N3CCCCS3(=O)=O)cc2)cc1NC(=O)c1cccc(Cl)c1.Cc1cccc2c(NC(=O)c3ccc(N4CCCCS4(=O)=O)cc3)ccc(Cl)c12.Cc1cccc2c(NC(=O)c3ccc(N4CCCCS4(=O)=O)cc3)cccc12.Nc1cccc2c(NC(=O)c3ccc(N4CCCCS4(=O)=O)cc3)ccc(Cl)c12. The first-order valence-electron chi connectivity index (χ1n) is 38.9. The third-order valence-corrected chi connectivity index (χ3v) is 29.3. The molecule has 4 fully saturated rings. The van der Waals surface area contributed by atoms with Gasteiger partial charge in [0.05, 0.1) is 50.8 Å². The molecule has 4 heterocycles.